The highest BCUT2D eigenvalue weighted by molar-refractivity contribution is 5.13. The number of hydrogen-bond acceptors (Lipinski definition) is 3. The molecule has 2 heterocycles. The lowest BCUT2D eigenvalue weighted by molar-refractivity contribution is 0.0834. The molecule has 4 nitrogen and oxygen atoms in total. The number of aromatic nitrogens is 3. The Bertz CT molecular complexity index is 484. The van der Waals surface area contributed by atoms with Gasteiger partial charge in [0.2, 0.25) is 0 Å². The molecule has 3 rings (SSSR count). The minimum Gasteiger partial charge on any atom is -0.381 e. The van der Waals surface area contributed by atoms with Gasteiger partial charge in [-0.25, -0.2) is 9.67 Å². The summed E-state index contributed by atoms with van der Waals surface area (Å²) in [5, 5.41) is 4.87. The Labute approximate surface area is 121 Å². The molecule has 20 heavy (non-hydrogen) atoms. The monoisotopic (exact) mass is 275 g/mol. The van der Waals surface area contributed by atoms with Crippen LogP contribution in [0.2, 0.25) is 0 Å². The summed E-state index contributed by atoms with van der Waals surface area (Å²) in [6, 6.07) is 0. The van der Waals surface area contributed by atoms with Crippen molar-refractivity contribution in [3.8, 4) is 0 Å². The third-order valence-corrected chi connectivity index (χ3v) is 4.24. The molecule has 1 saturated heterocycles. The molecule has 0 saturated carbocycles. The molecule has 1 aromatic heterocycles. The van der Waals surface area contributed by atoms with Crippen LogP contribution in [0.25, 0.3) is 0 Å². The van der Waals surface area contributed by atoms with Gasteiger partial charge in [-0.2, -0.15) is 5.10 Å². The summed E-state index contributed by atoms with van der Waals surface area (Å²) in [6.07, 6.45) is 8.83. The molecule has 2 aliphatic rings. The number of hydrogen-bond donors (Lipinski definition) is 0. The fourth-order valence-electron chi connectivity index (χ4n) is 3.06. The number of rotatable bonds is 2. The summed E-state index contributed by atoms with van der Waals surface area (Å²) in [5.74, 6) is 3.19. The first-order chi connectivity index (χ1) is 9.55. The largest absolute Gasteiger partial charge is 0.381 e. The van der Waals surface area contributed by atoms with E-state index in [9.17, 15) is 0 Å². The van der Waals surface area contributed by atoms with Crippen LogP contribution in [0.5, 0.6) is 0 Å². The first kappa shape index (κ1) is 13.8. The molecule has 1 aromatic rings. The minimum atomic E-state index is -0.00561. The van der Waals surface area contributed by atoms with Crippen LogP contribution in [0, 0.1) is 0 Å². The summed E-state index contributed by atoms with van der Waals surface area (Å²) < 4.78 is 7.62. The van der Waals surface area contributed by atoms with Crippen molar-refractivity contribution >= 4 is 0 Å². The zero-order chi connectivity index (χ0) is 14.2. The lowest BCUT2D eigenvalue weighted by Crippen LogP contribution is -2.26. The highest BCUT2D eigenvalue weighted by atomic mass is 16.5. The maximum Gasteiger partial charge on any atom is 0.154 e. The van der Waals surface area contributed by atoms with Gasteiger partial charge in [0, 0.05) is 25.0 Å². The minimum absolute atomic E-state index is 0.00561. The lowest BCUT2D eigenvalue weighted by Gasteiger charge is -2.23. The molecule has 0 radical (unpaired) electrons. The van der Waals surface area contributed by atoms with Gasteiger partial charge in [-0.1, -0.05) is 12.2 Å². The van der Waals surface area contributed by atoms with Crippen LogP contribution >= 0.6 is 0 Å². The molecular weight excluding hydrogens is 250 g/mol. The van der Waals surface area contributed by atoms with E-state index in [0.717, 1.165) is 44.7 Å². The van der Waals surface area contributed by atoms with Gasteiger partial charge in [0.25, 0.3) is 0 Å². The third-order valence-electron chi connectivity index (χ3n) is 4.24. The molecule has 0 unspecified atom stereocenters. The average molecular weight is 275 g/mol. The first-order valence-electron chi connectivity index (χ1n) is 7.76. The van der Waals surface area contributed by atoms with Crippen LogP contribution in [-0.2, 0) is 10.3 Å². The van der Waals surface area contributed by atoms with Crippen LogP contribution in [0.15, 0.2) is 12.2 Å². The summed E-state index contributed by atoms with van der Waals surface area (Å²) >= 11 is 0. The molecule has 1 aliphatic heterocycles. The van der Waals surface area contributed by atoms with Crippen molar-refractivity contribution in [1.82, 2.24) is 14.8 Å². The summed E-state index contributed by atoms with van der Waals surface area (Å²) in [5.41, 5.74) is -0.00561. The van der Waals surface area contributed by atoms with Gasteiger partial charge in [-0.05, 0) is 46.5 Å². The highest BCUT2D eigenvalue weighted by Gasteiger charge is 2.29. The number of allylic oxidation sites excluding steroid dienone is 2. The zero-order valence-corrected chi connectivity index (χ0v) is 12.8. The second kappa shape index (κ2) is 5.32. The number of ether oxygens (including phenoxy) is 1. The van der Waals surface area contributed by atoms with E-state index in [2.05, 4.69) is 37.6 Å². The molecule has 1 fully saturated rings. The van der Waals surface area contributed by atoms with Crippen molar-refractivity contribution in [3.05, 3.63) is 23.8 Å². The molecule has 0 bridgehead atoms. The molecule has 0 atom stereocenters. The van der Waals surface area contributed by atoms with Gasteiger partial charge in [0.05, 0.1) is 5.54 Å². The maximum absolute atomic E-state index is 5.45. The second-order valence-electron chi connectivity index (χ2n) is 6.94. The smallest absolute Gasteiger partial charge is 0.154 e. The van der Waals surface area contributed by atoms with E-state index in [4.69, 9.17) is 14.8 Å². The van der Waals surface area contributed by atoms with E-state index in [-0.39, 0.29) is 5.54 Å². The highest BCUT2D eigenvalue weighted by Crippen LogP contribution is 2.33. The normalized spacial score (nSPS) is 21.8. The Morgan fingerprint density at radius 1 is 1.10 bits per heavy atom. The summed E-state index contributed by atoms with van der Waals surface area (Å²) in [4.78, 5) is 4.94. The van der Waals surface area contributed by atoms with Gasteiger partial charge in [-0.3, -0.25) is 0 Å². The molecule has 0 aromatic carbocycles. The van der Waals surface area contributed by atoms with E-state index >= 15 is 0 Å². The van der Waals surface area contributed by atoms with Gasteiger partial charge in [0.1, 0.15) is 5.82 Å². The maximum atomic E-state index is 5.45. The standard InChI is InChI=1S/C16H25N3O/c1-16(2,3)19-15(13-6-4-5-7-13)17-14(18-19)12-8-10-20-11-9-12/h4-5,12-13H,6-11H2,1-3H3. The molecule has 1 aliphatic carbocycles. The fourth-order valence-corrected chi connectivity index (χ4v) is 3.06. The Kier molecular flexibility index (Phi) is 3.67. The zero-order valence-electron chi connectivity index (χ0n) is 12.8. The van der Waals surface area contributed by atoms with Crippen LogP contribution < -0.4 is 0 Å². The molecule has 110 valence electrons. The summed E-state index contributed by atoms with van der Waals surface area (Å²) in [7, 11) is 0. The Balaban J connectivity index is 1.92. The Morgan fingerprint density at radius 2 is 1.75 bits per heavy atom. The van der Waals surface area contributed by atoms with Crippen molar-refractivity contribution in [2.75, 3.05) is 13.2 Å². The summed E-state index contributed by atoms with van der Waals surface area (Å²) in [6.45, 7) is 8.31. The van der Waals surface area contributed by atoms with Gasteiger partial charge < -0.3 is 4.74 Å². The second-order valence-corrected chi connectivity index (χ2v) is 6.94. The van der Waals surface area contributed by atoms with E-state index < -0.39 is 0 Å². The Morgan fingerprint density at radius 3 is 2.35 bits per heavy atom. The SMILES string of the molecule is CC(C)(C)n1nc(C2CCOCC2)nc1C1CC=CC1. The van der Waals surface area contributed by atoms with Crippen molar-refractivity contribution in [1.29, 1.82) is 0 Å². The molecular formula is C16H25N3O. The van der Waals surface area contributed by atoms with Gasteiger partial charge in [0.15, 0.2) is 5.82 Å². The van der Waals surface area contributed by atoms with Crippen LogP contribution in [0.1, 0.15) is 69.9 Å². The van der Waals surface area contributed by atoms with Crippen molar-refractivity contribution < 1.29 is 4.74 Å². The number of nitrogens with zero attached hydrogens (tertiary/aromatic N) is 3. The van der Waals surface area contributed by atoms with E-state index in [0.29, 0.717) is 11.8 Å². The van der Waals surface area contributed by atoms with Crippen molar-refractivity contribution in [2.45, 2.75) is 63.8 Å². The van der Waals surface area contributed by atoms with Crippen LogP contribution in [-0.4, -0.2) is 28.0 Å². The van der Waals surface area contributed by atoms with E-state index in [1.165, 1.54) is 5.82 Å². The Hall–Kier alpha value is -1.16. The fraction of sp³-hybridized carbons (Fsp3) is 0.750. The predicted octanol–water partition coefficient (Wildman–Crippen LogP) is 3.36. The van der Waals surface area contributed by atoms with E-state index in [1.54, 1.807) is 0 Å². The first-order valence-corrected chi connectivity index (χ1v) is 7.76. The topological polar surface area (TPSA) is 39.9 Å². The van der Waals surface area contributed by atoms with E-state index in [1.807, 2.05) is 0 Å². The molecule has 0 spiro atoms. The van der Waals surface area contributed by atoms with Crippen molar-refractivity contribution in [3.63, 3.8) is 0 Å². The van der Waals surface area contributed by atoms with Crippen LogP contribution in [0.3, 0.4) is 0 Å². The van der Waals surface area contributed by atoms with Crippen LogP contribution in [0.4, 0.5) is 0 Å². The van der Waals surface area contributed by atoms with Gasteiger partial charge >= 0.3 is 0 Å². The molecule has 0 amide bonds. The quantitative estimate of drug-likeness (QED) is 0.777. The van der Waals surface area contributed by atoms with Gasteiger partial charge in [-0.15, -0.1) is 0 Å². The molecule has 4 heteroatoms. The average Bonchev–Trinajstić information content (AvgIpc) is 3.08. The third kappa shape index (κ3) is 2.66. The lowest BCUT2D eigenvalue weighted by atomic mass is 10.00. The van der Waals surface area contributed by atoms with Crippen molar-refractivity contribution in [2.24, 2.45) is 0 Å². The molecule has 0 N–H and O–H groups in total. The predicted molar refractivity (Wildman–Crippen MR) is 78.9 cm³/mol.